The smallest absolute Gasteiger partial charge is 0.263 e. The maximum atomic E-state index is 12.6. The molecule has 0 spiro atoms. The van der Waals surface area contributed by atoms with E-state index in [1.807, 2.05) is 18.2 Å². The van der Waals surface area contributed by atoms with Gasteiger partial charge in [-0.1, -0.05) is 49.1 Å². The molecule has 1 aromatic carbocycles. The van der Waals surface area contributed by atoms with E-state index in [1.54, 1.807) is 6.07 Å². The largest absolute Gasteiger partial charge is 0.299 e. The predicted molar refractivity (Wildman–Crippen MR) is 105 cm³/mol. The van der Waals surface area contributed by atoms with Crippen molar-refractivity contribution in [1.82, 2.24) is 9.88 Å². The molecule has 3 rings (SSSR count). The van der Waals surface area contributed by atoms with Crippen LogP contribution in [0.5, 0.6) is 0 Å². The van der Waals surface area contributed by atoms with Crippen molar-refractivity contribution in [2.24, 2.45) is 0 Å². The number of benzene rings is 1. The molecular formula is C19H24ClN3O2S. The minimum Gasteiger partial charge on any atom is -0.299 e. The van der Waals surface area contributed by atoms with Gasteiger partial charge in [-0.05, 0) is 43.7 Å². The Morgan fingerprint density at radius 2 is 1.88 bits per heavy atom. The fraction of sp³-hybridized carbons (Fsp3) is 0.421. The van der Waals surface area contributed by atoms with Crippen molar-refractivity contribution in [3.63, 3.8) is 0 Å². The van der Waals surface area contributed by atoms with Gasteiger partial charge in [0.2, 0.25) is 0 Å². The number of rotatable bonds is 6. The highest BCUT2D eigenvalue weighted by Gasteiger charge is 2.20. The van der Waals surface area contributed by atoms with E-state index in [2.05, 4.69) is 21.7 Å². The van der Waals surface area contributed by atoms with Gasteiger partial charge < -0.3 is 0 Å². The van der Waals surface area contributed by atoms with Gasteiger partial charge in [0.05, 0.1) is 5.69 Å². The van der Waals surface area contributed by atoms with Crippen molar-refractivity contribution in [1.29, 1.82) is 0 Å². The molecule has 0 bridgehead atoms. The Balaban J connectivity index is 1.77. The lowest BCUT2D eigenvalue weighted by atomic mass is 9.94. The van der Waals surface area contributed by atoms with Gasteiger partial charge >= 0.3 is 0 Å². The van der Waals surface area contributed by atoms with Crippen LogP contribution in [0.1, 0.15) is 37.7 Å². The van der Waals surface area contributed by atoms with E-state index in [1.165, 1.54) is 50.4 Å². The van der Waals surface area contributed by atoms with Crippen molar-refractivity contribution < 1.29 is 8.42 Å². The molecule has 1 fully saturated rings. The molecule has 7 heteroatoms. The van der Waals surface area contributed by atoms with Gasteiger partial charge in [-0.15, -0.1) is 0 Å². The molecule has 0 unspecified atom stereocenters. The van der Waals surface area contributed by atoms with Gasteiger partial charge in [0.15, 0.2) is 0 Å². The maximum absolute atomic E-state index is 12.6. The number of nitrogens with one attached hydrogen (secondary N) is 1. The molecule has 26 heavy (non-hydrogen) atoms. The summed E-state index contributed by atoms with van der Waals surface area (Å²) in [7, 11) is -1.59. The Kier molecular flexibility index (Phi) is 6.16. The van der Waals surface area contributed by atoms with Gasteiger partial charge in [-0.3, -0.25) is 9.62 Å². The first-order chi connectivity index (χ1) is 12.5. The van der Waals surface area contributed by atoms with Crippen LogP contribution in [-0.2, 0) is 16.6 Å². The molecule has 1 saturated carbocycles. The van der Waals surface area contributed by atoms with Crippen molar-refractivity contribution in [3.05, 3.63) is 53.3 Å². The number of pyridine rings is 1. The summed E-state index contributed by atoms with van der Waals surface area (Å²) < 4.78 is 28.0. The summed E-state index contributed by atoms with van der Waals surface area (Å²) in [5.41, 5.74) is 1.57. The van der Waals surface area contributed by atoms with E-state index in [0.29, 0.717) is 18.3 Å². The van der Waals surface area contributed by atoms with Crippen LogP contribution in [-0.4, -0.2) is 31.4 Å². The zero-order valence-electron chi connectivity index (χ0n) is 14.9. The normalized spacial score (nSPS) is 16.0. The van der Waals surface area contributed by atoms with Crippen LogP contribution in [0.4, 0.5) is 5.69 Å². The molecule has 1 aliphatic rings. The minimum absolute atomic E-state index is 0.0948. The number of halogens is 1. The highest BCUT2D eigenvalue weighted by Crippen LogP contribution is 2.26. The van der Waals surface area contributed by atoms with E-state index in [9.17, 15) is 8.42 Å². The zero-order valence-corrected chi connectivity index (χ0v) is 16.4. The number of para-hydroxylation sites is 1. The third kappa shape index (κ3) is 4.75. The summed E-state index contributed by atoms with van der Waals surface area (Å²) in [6.07, 6.45) is 7.54. The molecule has 0 radical (unpaired) electrons. The summed E-state index contributed by atoms with van der Waals surface area (Å²) >= 11 is 5.75. The van der Waals surface area contributed by atoms with Crippen molar-refractivity contribution >= 4 is 27.3 Å². The Morgan fingerprint density at radius 3 is 2.58 bits per heavy atom. The predicted octanol–water partition coefficient (Wildman–Crippen LogP) is 4.30. The van der Waals surface area contributed by atoms with E-state index < -0.39 is 10.0 Å². The average Bonchev–Trinajstić information content (AvgIpc) is 2.64. The third-order valence-corrected chi connectivity index (χ3v) is 6.46. The average molecular weight is 394 g/mol. The molecular weight excluding hydrogens is 370 g/mol. The second kappa shape index (κ2) is 8.37. The zero-order chi connectivity index (χ0) is 18.6. The Labute approximate surface area is 160 Å². The summed E-state index contributed by atoms with van der Waals surface area (Å²) in [5.74, 6) is 0. The first-order valence-corrected chi connectivity index (χ1v) is 10.7. The fourth-order valence-electron chi connectivity index (χ4n) is 3.40. The van der Waals surface area contributed by atoms with Gasteiger partial charge in [-0.25, -0.2) is 13.4 Å². The van der Waals surface area contributed by atoms with Gasteiger partial charge in [0.1, 0.15) is 10.0 Å². The molecule has 2 aromatic rings. The topological polar surface area (TPSA) is 62.3 Å². The molecule has 1 N–H and O–H groups in total. The minimum atomic E-state index is -3.70. The van der Waals surface area contributed by atoms with Gasteiger partial charge in [-0.2, -0.15) is 0 Å². The molecule has 1 aromatic heterocycles. The number of aromatic nitrogens is 1. The molecule has 0 atom stereocenters. The van der Waals surface area contributed by atoms with Crippen molar-refractivity contribution in [2.75, 3.05) is 11.8 Å². The molecule has 1 aliphatic carbocycles. The first-order valence-electron chi connectivity index (χ1n) is 8.88. The highest BCUT2D eigenvalue weighted by atomic mass is 35.5. The van der Waals surface area contributed by atoms with Crippen LogP contribution in [0.2, 0.25) is 5.15 Å². The van der Waals surface area contributed by atoms with Crippen LogP contribution in [0.25, 0.3) is 0 Å². The molecule has 0 aliphatic heterocycles. The van der Waals surface area contributed by atoms with Crippen LogP contribution >= 0.6 is 11.6 Å². The SMILES string of the molecule is CN(Cc1ccccc1NS(=O)(=O)c1ccc(Cl)nc1)C1CCCCC1. The Bertz CT molecular complexity index is 834. The summed E-state index contributed by atoms with van der Waals surface area (Å²) in [4.78, 5) is 6.28. The Morgan fingerprint density at radius 1 is 1.15 bits per heavy atom. The Hall–Kier alpha value is -1.63. The lowest BCUT2D eigenvalue weighted by Crippen LogP contribution is -2.33. The number of hydrogen-bond donors (Lipinski definition) is 1. The maximum Gasteiger partial charge on any atom is 0.263 e. The summed E-state index contributed by atoms with van der Waals surface area (Å²) in [6, 6.07) is 11.0. The quantitative estimate of drug-likeness (QED) is 0.743. The lowest BCUT2D eigenvalue weighted by Gasteiger charge is -2.31. The molecule has 0 saturated heterocycles. The number of anilines is 1. The highest BCUT2D eigenvalue weighted by molar-refractivity contribution is 7.92. The number of sulfonamides is 1. The number of nitrogens with zero attached hydrogens (tertiary/aromatic N) is 2. The van der Waals surface area contributed by atoms with E-state index >= 15 is 0 Å². The summed E-state index contributed by atoms with van der Waals surface area (Å²) in [6.45, 7) is 0.711. The van der Waals surface area contributed by atoms with Gasteiger partial charge in [0, 0.05) is 18.8 Å². The third-order valence-electron chi connectivity index (χ3n) is 4.89. The second-order valence-corrected chi connectivity index (χ2v) is 8.86. The van der Waals surface area contributed by atoms with Gasteiger partial charge in [0.25, 0.3) is 10.0 Å². The molecule has 1 heterocycles. The van der Waals surface area contributed by atoms with E-state index in [4.69, 9.17) is 11.6 Å². The molecule has 140 valence electrons. The lowest BCUT2D eigenvalue weighted by molar-refractivity contribution is 0.185. The first kappa shape index (κ1) is 19.1. The monoisotopic (exact) mass is 393 g/mol. The van der Waals surface area contributed by atoms with Crippen LogP contribution in [0, 0.1) is 0 Å². The van der Waals surface area contributed by atoms with Crippen LogP contribution in [0.15, 0.2) is 47.5 Å². The van der Waals surface area contributed by atoms with E-state index in [0.717, 1.165) is 5.56 Å². The van der Waals surface area contributed by atoms with Crippen molar-refractivity contribution in [3.8, 4) is 0 Å². The van der Waals surface area contributed by atoms with E-state index in [-0.39, 0.29) is 10.0 Å². The molecule has 0 amide bonds. The summed E-state index contributed by atoms with van der Waals surface area (Å²) in [5, 5.41) is 0.262. The van der Waals surface area contributed by atoms with Crippen LogP contribution < -0.4 is 4.72 Å². The fourth-order valence-corrected chi connectivity index (χ4v) is 4.56. The second-order valence-electron chi connectivity index (χ2n) is 6.79. The van der Waals surface area contributed by atoms with Crippen LogP contribution in [0.3, 0.4) is 0 Å². The number of hydrogen-bond acceptors (Lipinski definition) is 4. The molecule has 5 nitrogen and oxygen atoms in total. The standard InChI is InChI=1S/C19H24ClN3O2S/c1-23(16-8-3-2-4-9-16)14-15-7-5-6-10-18(15)22-26(24,25)17-11-12-19(20)21-13-17/h5-7,10-13,16,22H,2-4,8-9,14H2,1H3. The van der Waals surface area contributed by atoms with Crippen molar-refractivity contribution in [2.45, 2.75) is 49.6 Å².